The molecule has 25 heavy (non-hydrogen) atoms. The Morgan fingerprint density at radius 3 is 2.16 bits per heavy atom. The third-order valence-electron chi connectivity index (χ3n) is 4.19. The largest absolute Gasteiger partial charge is 0.484 e. The second-order valence-electron chi connectivity index (χ2n) is 6.34. The molecule has 0 heterocycles. The monoisotopic (exact) mass is 400 g/mol. The van der Waals surface area contributed by atoms with Crippen LogP contribution in [0.4, 0.5) is 0 Å². The van der Waals surface area contributed by atoms with E-state index in [2.05, 4.69) is 27.3 Å². The number of nitrogens with zero attached hydrogens (tertiary/aromatic N) is 1. The maximum absolute atomic E-state index is 12.0. The van der Waals surface area contributed by atoms with Crippen LogP contribution >= 0.6 is 15.9 Å². The van der Waals surface area contributed by atoms with Crippen molar-refractivity contribution in [3.8, 4) is 22.9 Å². The Hall–Kier alpha value is -2.32. The molecular weight excluding hydrogens is 380 g/mol. The first-order valence-electron chi connectivity index (χ1n) is 8.05. The minimum Gasteiger partial charge on any atom is -0.484 e. The van der Waals surface area contributed by atoms with E-state index in [1.165, 1.54) is 0 Å². The van der Waals surface area contributed by atoms with Gasteiger partial charge in [0.15, 0.2) is 6.61 Å². The van der Waals surface area contributed by atoms with Crippen LogP contribution in [0.25, 0.3) is 11.1 Å². The second kappa shape index (κ2) is 8.17. The average Bonchev–Trinajstić information content (AvgIpc) is 2.61. The summed E-state index contributed by atoms with van der Waals surface area (Å²) in [5.74, 6) is 0.306. The maximum atomic E-state index is 12.0. The van der Waals surface area contributed by atoms with Gasteiger partial charge in [0.2, 0.25) is 0 Å². The zero-order chi connectivity index (χ0) is 18.4. The van der Waals surface area contributed by atoms with E-state index < -0.39 is 5.54 Å². The fourth-order valence-corrected chi connectivity index (χ4v) is 2.43. The summed E-state index contributed by atoms with van der Waals surface area (Å²) >= 11 is 3.42. The summed E-state index contributed by atoms with van der Waals surface area (Å²) in [5, 5.41) is 12.0. The van der Waals surface area contributed by atoms with Gasteiger partial charge in [0.25, 0.3) is 5.91 Å². The molecule has 4 nitrogen and oxygen atoms in total. The Bertz CT molecular complexity index is 764. The van der Waals surface area contributed by atoms with E-state index in [4.69, 9.17) is 4.74 Å². The summed E-state index contributed by atoms with van der Waals surface area (Å²) in [6.45, 7) is 5.38. The van der Waals surface area contributed by atoms with E-state index in [1.54, 1.807) is 6.92 Å². The smallest absolute Gasteiger partial charge is 0.259 e. The highest BCUT2D eigenvalue weighted by Gasteiger charge is 2.29. The van der Waals surface area contributed by atoms with Gasteiger partial charge >= 0.3 is 0 Å². The van der Waals surface area contributed by atoms with Gasteiger partial charge in [-0.3, -0.25) is 4.79 Å². The lowest BCUT2D eigenvalue weighted by molar-refractivity contribution is -0.124. The Morgan fingerprint density at radius 2 is 1.68 bits per heavy atom. The SMILES string of the molecule is CC(C)[C@@](C)(C#N)NC(=O)COc1ccc(-c2ccc(Br)cc2)cc1. The van der Waals surface area contributed by atoms with Gasteiger partial charge in [0.05, 0.1) is 6.07 Å². The molecule has 0 unspecified atom stereocenters. The molecule has 0 saturated carbocycles. The van der Waals surface area contributed by atoms with Crippen LogP contribution in [0.15, 0.2) is 53.0 Å². The van der Waals surface area contributed by atoms with Crippen LogP contribution in [-0.4, -0.2) is 18.1 Å². The van der Waals surface area contributed by atoms with Gasteiger partial charge in [-0.05, 0) is 48.2 Å². The molecule has 2 aromatic carbocycles. The van der Waals surface area contributed by atoms with Crippen molar-refractivity contribution in [1.29, 1.82) is 5.26 Å². The number of hydrogen-bond donors (Lipinski definition) is 1. The lowest BCUT2D eigenvalue weighted by atomic mass is 9.90. The molecule has 130 valence electrons. The van der Waals surface area contributed by atoms with E-state index in [1.807, 2.05) is 62.4 Å². The van der Waals surface area contributed by atoms with Gasteiger partial charge in [0, 0.05) is 4.47 Å². The van der Waals surface area contributed by atoms with Crippen molar-refractivity contribution in [1.82, 2.24) is 5.32 Å². The van der Waals surface area contributed by atoms with Crippen molar-refractivity contribution >= 4 is 21.8 Å². The van der Waals surface area contributed by atoms with E-state index >= 15 is 0 Å². The predicted octanol–water partition coefficient (Wildman–Crippen LogP) is 4.55. The Balaban J connectivity index is 1.94. The van der Waals surface area contributed by atoms with Crippen molar-refractivity contribution in [3.05, 3.63) is 53.0 Å². The predicted molar refractivity (Wildman–Crippen MR) is 102 cm³/mol. The number of benzene rings is 2. The molecule has 1 amide bonds. The third kappa shape index (κ3) is 5.07. The number of ether oxygens (including phenoxy) is 1. The topological polar surface area (TPSA) is 62.1 Å². The van der Waals surface area contributed by atoms with Crippen LogP contribution in [0.1, 0.15) is 20.8 Å². The highest BCUT2D eigenvalue weighted by Crippen LogP contribution is 2.24. The lowest BCUT2D eigenvalue weighted by Crippen LogP contribution is -2.50. The number of halogens is 1. The number of amides is 1. The van der Waals surface area contributed by atoms with Crippen LogP contribution < -0.4 is 10.1 Å². The van der Waals surface area contributed by atoms with Gasteiger partial charge in [0.1, 0.15) is 11.3 Å². The highest BCUT2D eigenvalue weighted by atomic mass is 79.9. The molecule has 0 aliphatic carbocycles. The zero-order valence-electron chi connectivity index (χ0n) is 14.5. The van der Waals surface area contributed by atoms with Crippen molar-refractivity contribution < 1.29 is 9.53 Å². The molecule has 0 aliphatic rings. The number of nitrogens with one attached hydrogen (secondary N) is 1. The molecule has 0 fully saturated rings. The molecule has 5 heteroatoms. The molecule has 0 spiro atoms. The van der Waals surface area contributed by atoms with Crippen molar-refractivity contribution in [2.45, 2.75) is 26.3 Å². The summed E-state index contributed by atoms with van der Waals surface area (Å²) in [5.41, 5.74) is 1.28. The summed E-state index contributed by atoms with van der Waals surface area (Å²) in [4.78, 5) is 12.0. The Labute approximate surface area is 156 Å². The second-order valence-corrected chi connectivity index (χ2v) is 7.25. The van der Waals surface area contributed by atoms with Crippen LogP contribution in [0, 0.1) is 17.2 Å². The lowest BCUT2D eigenvalue weighted by Gasteiger charge is -2.27. The fourth-order valence-electron chi connectivity index (χ4n) is 2.16. The minimum atomic E-state index is -0.897. The summed E-state index contributed by atoms with van der Waals surface area (Å²) in [6.07, 6.45) is 0. The Kier molecular flexibility index (Phi) is 6.22. The standard InChI is InChI=1S/C20H21BrN2O2/c1-14(2)20(3,13-22)23-19(24)12-25-18-10-6-16(7-11-18)15-4-8-17(21)9-5-15/h4-11,14H,12H2,1-3H3,(H,23,24)/t20-/m1/s1. The minimum absolute atomic E-state index is 0.00615. The molecule has 1 atom stereocenters. The van der Waals surface area contributed by atoms with E-state index in [0.717, 1.165) is 15.6 Å². The molecule has 0 aliphatic heterocycles. The zero-order valence-corrected chi connectivity index (χ0v) is 16.1. The first-order chi connectivity index (χ1) is 11.8. The summed E-state index contributed by atoms with van der Waals surface area (Å²) < 4.78 is 6.55. The van der Waals surface area contributed by atoms with Crippen LogP contribution in [0.2, 0.25) is 0 Å². The van der Waals surface area contributed by atoms with Crippen LogP contribution in [0.5, 0.6) is 5.75 Å². The van der Waals surface area contributed by atoms with Gasteiger partial charge in [-0.1, -0.05) is 54.0 Å². The van der Waals surface area contributed by atoms with Gasteiger partial charge in [-0.2, -0.15) is 5.26 Å². The molecule has 0 aromatic heterocycles. The third-order valence-corrected chi connectivity index (χ3v) is 4.72. The number of rotatable bonds is 6. The Morgan fingerprint density at radius 1 is 1.16 bits per heavy atom. The van der Waals surface area contributed by atoms with Crippen molar-refractivity contribution in [2.24, 2.45) is 5.92 Å². The number of carbonyl (C=O) groups is 1. The fraction of sp³-hybridized carbons (Fsp3) is 0.300. The molecule has 0 bridgehead atoms. The highest BCUT2D eigenvalue weighted by molar-refractivity contribution is 9.10. The van der Waals surface area contributed by atoms with Gasteiger partial charge in [-0.15, -0.1) is 0 Å². The molecule has 2 aromatic rings. The van der Waals surface area contributed by atoms with Crippen molar-refractivity contribution in [2.75, 3.05) is 6.61 Å². The van der Waals surface area contributed by atoms with Crippen molar-refractivity contribution in [3.63, 3.8) is 0 Å². The van der Waals surface area contributed by atoms with E-state index in [-0.39, 0.29) is 18.4 Å². The molecule has 0 saturated heterocycles. The van der Waals surface area contributed by atoms with Crippen LogP contribution in [0.3, 0.4) is 0 Å². The van der Waals surface area contributed by atoms with Gasteiger partial charge < -0.3 is 10.1 Å². The summed E-state index contributed by atoms with van der Waals surface area (Å²) in [7, 11) is 0. The molecule has 0 radical (unpaired) electrons. The quantitative estimate of drug-likeness (QED) is 0.773. The molecule has 1 N–H and O–H groups in total. The molecular formula is C20H21BrN2O2. The van der Waals surface area contributed by atoms with Crippen LogP contribution in [-0.2, 0) is 4.79 Å². The van der Waals surface area contributed by atoms with E-state index in [9.17, 15) is 10.1 Å². The number of carbonyl (C=O) groups excluding carboxylic acids is 1. The first kappa shape index (κ1) is 19.0. The van der Waals surface area contributed by atoms with Gasteiger partial charge in [-0.25, -0.2) is 0 Å². The maximum Gasteiger partial charge on any atom is 0.259 e. The summed E-state index contributed by atoms with van der Waals surface area (Å²) in [6, 6.07) is 17.7. The number of hydrogen-bond acceptors (Lipinski definition) is 3. The van der Waals surface area contributed by atoms with E-state index in [0.29, 0.717) is 5.75 Å². The number of nitriles is 1. The molecule has 2 rings (SSSR count). The normalized spacial score (nSPS) is 13.0. The first-order valence-corrected chi connectivity index (χ1v) is 8.84. The average molecular weight is 401 g/mol.